The minimum absolute atomic E-state index is 0.143. The molecule has 8 nitrogen and oxygen atoms in total. The molecule has 0 unspecified atom stereocenters. The average molecular weight is 400 g/mol. The van der Waals surface area contributed by atoms with Crippen LogP contribution in [-0.4, -0.2) is 34.5 Å². The Balaban J connectivity index is 1.64. The van der Waals surface area contributed by atoms with Crippen LogP contribution in [0.25, 0.3) is 11.1 Å². The van der Waals surface area contributed by atoms with Gasteiger partial charge in [0, 0.05) is 7.05 Å². The van der Waals surface area contributed by atoms with Crippen molar-refractivity contribution in [1.82, 2.24) is 19.1 Å². The number of aromatic nitrogens is 3. The fourth-order valence-corrected chi connectivity index (χ4v) is 4.69. The number of aryl methyl sites for hydroxylation is 1. The van der Waals surface area contributed by atoms with E-state index < -0.39 is 10.0 Å². The molecule has 1 aromatic carbocycles. The van der Waals surface area contributed by atoms with E-state index in [2.05, 4.69) is 10.1 Å². The van der Waals surface area contributed by atoms with Crippen LogP contribution in [0.1, 0.15) is 23.0 Å². The summed E-state index contributed by atoms with van der Waals surface area (Å²) in [7, 11) is -2.21. The second-order valence-electron chi connectivity index (χ2n) is 6.57. The van der Waals surface area contributed by atoms with Crippen molar-refractivity contribution < 1.29 is 17.3 Å². The van der Waals surface area contributed by atoms with E-state index in [9.17, 15) is 8.42 Å². The topological polar surface area (TPSA) is 94.4 Å². The van der Waals surface area contributed by atoms with Gasteiger partial charge in [0.05, 0.1) is 24.2 Å². The Kier molecular flexibility index (Phi) is 4.56. The largest absolute Gasteiger partial charge is 0.468 e. The first-order valence-corrected chi connectivity index (χ1v) is 10.2. The van der Waals surface area contributed by atoms with Gasteiger partial charge in [-0.2, -0.15) is 9.40 Å². The first-order chi connectivity index (χ1) is 13.4. The molecule has 4 aromatic rings. The van der Waals surface area contributed by atoms with Gasteiger partial charge in [0.2, 0.25) is 15.9 Å². The number of hydrogen-bond donors (Lipinski definition) is 0. The quantitative estimate of drug-likeness (QED) is 0.494. The van der Waals surface area contributed by atoms with E-state index in [1.165, 1.54) is 17.6 Å². The number of rotatable bonds is 6. The Morgan fingerprint density at radius 2 is 1.93 bits per heavy atom. The van der Waals surface area contributed by atoms with Crippen LogP contribution in [0.5, 0.6) is 0 Å². The maximum Gasteiger partial charge on any atom is 0.246 e. The molecule has 28 heavy (non-hydrogen) atoms. The summed E-state index contributed by atoms with van der Waals surface area (Å²) in [6.07, 6.45) is 1.52. The fourth-order valence-electron chi connectivity index (χ4n) is 3.19. The number of furan rings is 1. The third kappa shape index (κ3) is 3.23. The van der Waals surface area contributed by atoms with E-state index in [4.69, 9.17) is 8.83 Å². The third-order valence-electron chi connectivity index (χ3n) is 4.57. The number of benzene rings is 1. The van der Waals surface area contributed by atoms with Crippen molar-refractivity contribution in [3.8, 4) is 0 Å². The third-order valence-corrected chi connectivity index (χ3v) is 6.62. The Morgan fingerprint density at radius 1 is 1.14 bits per heavy atom. The second-order valence-corrected chi connectivity index (χ2v) is 8.56. The molecule has 3 heterocycles. The molecule has 0 aliphatic heterocycles. The maximum atomic E-state index is 13.1. The Morgan fingerprint density at radius 3 is 2.64 bits per heavy atom. The molecule has 146 valence electrons. The van der Waals surface area contributed by atoms with Crippen LogP contribution in [0, 0.1) is 13.8 Å². The monoisotopic (exact) mass is 400 g/mol. The van der Waals surface area contributed by atoms with Crippen LogP contribution in [0.15, 0.2) is 56.4 Å². The molecular weight excluding hydrogens is 380 g/mol. The van der Waals surface area contributed by atoms with Gasteiger partial charge in [0.25, 0.3) is 0 Å². The molecule has 0 aliphatic carbocycles. The molecule has 0 N–H and O–H groups in total. The van der Waals surface area contributed by atoms with Crippen molar-refractivity contribution in [2.45, 2.75) is 31.8 Å². The molecular formula is C19H20N4O4S. The van der Waals surface area contributed by atoms with E-state index in [1.807, 2.05) is 24.3 Å². The lowest BCUT2D eigenvalue weighted by atomic mass is 10.3. The SMILES string of the molecule is Cc1nn(Cc2nc3ccccc3o2)c(C)c1S(=O)(=O)N(C)Cc1ccco1. The summed E-state index contributed by atoms with van der Waals surface area (Å²) >= 11 is 0. The summed E-state index contributed by atoms with van der Waals surface area (Å²) in [6.45, 7) is 3.81. The van der Waals surface area contributed by atoms with E-state index >= 15 is 0 Å². The number of hydrogen-bond acceptors (Lipinski definition) is 6. The number of sulfonamides is 1. The van der Waals surface area contributed by atoms with E-state index in [0.717, 1.165) is 5.52 Å². The van der Waals surface area contributed by atoms with Gasteiger partial charge in [0.1, 0.15) is 22.7 Å². The van der Waals surface area contributed by atoms with Gasteiger partial charge in [-0.15, -0.1) is 0 Å². The molecule has 0 amide bonds. The average Bonchev–Trinajstić information content (AvgIpc) is 3.35. The van der Waals surface area contributed by atoms with Crippen molar-refractivity contribution >= 4 is 21.1 Å². The standard InChI is InChI=1S/C19H20N4O4S/c1-13-19(28(24,25)22(3)11-15-7-6-10-26-15)14(2)23(21-13)12-18-20-16-8-4-5-9-17(16)27-18/h4-10H,11-12H2,1-3H3. The van der Waals surface area contributed by atoms with Gasteiger partial charge in [-0.1, -0.05) is 12.1 Å². The van der Waals surface area contributed by atoms with Gasteiger partial charge in [-0.05, 0) is 38.1 Å². The van der Waals surface area contributed by atoms with Crippen molar-refractivity contribution in [1.29, 1.82) is 0 Å². The molecule has 0 atom stereocenters. The lowest BCUT2D eigenvalue weighted by Gasteiger charge is -2.16. The summed E-state index contributed by atoms with van der Waals surface area (Å²) < 4.78 is 40.1. The van der Waals surface area contributed by atoms with Crippen LogP contribution in [0.2, 0.25) is 0 Å². The van der Waals surface area contributed by atoms with Crippen LogP contribution < -0.4 is 0 Å². The van der Waals surface area contributed by atoms with Crippen LogP contribution in [-0.2, 0) is 23.1 Å². The van der Waals surface area contributed by atoms with Crippen LogP contribution >= 0.6 is 0 Å². The van der Waals surface area contributed by atoms with Crippen molar-refractivity contribution in [2.24, 2.45) is 0 Å². The highest BCUT2D eigenvalue weighted by Gasteiger charge is 2.29. The number of nitrogens with zero attached hydrogens (tertiary/aromatic N) is 4. The molecule has 0 saturated carbocycles. The second kappa shape index (κ2) is 6.92. The Labute approximate surface area is 162 Å². The van der Waals surface area contributed by atoms with E-state index in [-0.39, 0.29) is 18.0 Å². The van der Waals surface area contributed by atoms with Gasteiger partial charge in [0.15, 0.2) is 5.58 Å². The summed E-state index contributed by atoms with van der Waals surface area (Å²) in [5.41, 5.74) is 2.40. The summed E-state index contributed by atoms with van der Waals surface area (Å²) in [4.78, 5) is 4.63. The van der Waals surface area contributed by atoms with Crippen LogP contribution in [0.3, 0.4) is 0 Å². The van der Waals surface area contributed by atoms with Gasteiger partial charge in [-0.25, -0.2) is 13.4 Å². The molecule has 3 aromatic heterocycles. The Hall–Kier alpha value is -2.91. The zero-order valence-electron chi connectivity index (χ0n) is 15.8. The predicted octanol–water partition coefficient (Wildman–Crippen LogP) is 3.10. The zero-order valence-corrected chi connectivity index (χ0v) is 16.6. The molecule has 9 heteroatoms. The van der Waals surface area contributed by atoms with E-state index in [0.29, 0.717) is 28.6 Å². The van der Waals surface area contributed by atoms with Crippen molar-refractivity contribution in [2.75, 3.05) is 7.05 Å². The molecule has 4 rings (SSSR count). The first kappa shape index (κ1) is 18.5. The lowest BCUT2D eigenvalue weighted by Crippen LogP contribution is -2.27. The number of oxazole rings is 1. The zero-order chi connectivity index (χ0) is 19.9. The summed E-state index contributed by atoms with van der Waals surface area (Å²) in [5, 5.41) is 4.41. The molecule has 0 fully saturated rings. The Bertz CT molecular complexity index is 1190. The first-order valence-electron chi connectivity index (χ1n) is 8.73. The fraction of sp³-hybridized carbons (Fsp3) is 0.263. The highest BCUT2D eigenvalue weighted by molar-refractivity contribution is 7.89. The van der Waals surface area contributed by atoms with Gasteiger partial charge >= 0.3 is 0 Å². The predicted molar refractivity (Wildman–Crippen MR) is 102 cm³/mol. The van der Waals surface area contributed by atoms with Crippen LogP contribution in [0.4, 0.5) is 0 Å². The van der Waals surface area contributed by atoms with Crippen molar-refractivity contribution in [3.05, 3.63) is 65.7 Å². The molecule has 0 spiro atoms. The number of para-hydroxylation sites is 2. The highest BCUT2D eigenvalue weighted by Crippen LogP contribution is 2.25. The normalized spacial score (nSPS) is 12.3. The number of fused-ring (bicyclic) bond motifs is 1. The molecule has 0 bridgehead atoms. The molecule has 0 saturated heterocycles. The highest BCUT2D eigenvalue weighted by atomic mass is 32.2. The summed E-state index contributed by atoms with van der Waals surface area (Å²) in [6, 6.07) is 10.9. The van der Waals surface area contributed by atoms with Crippen molar-refractivity contribution in [3.63, 3.8) is 0 Å². The smallest absolute Gasteiger partial charge is 0.246 e. The van der Waals surface area contributed by atoms with Gasteiger partial charge in [-0.3, -0.25) is 4.68 Å². The maximum absolute atomic E-state index is 13.1. The minimum atomic E-state index is -3.73. The lowest BCUT2D eigenvalue weighted by molar-refractivity contribution is 0.405. The molecule has 0 radical (unpaired) electrons. The molecule has 0 aliphatic rings. The van der Waals surface area contributed by atoms with E-state index in [1.54, 1.807) is 30.7 Å². The summed E-state index contributed by atoms with van der Waals surface area (Å²) in [5.74, 6) is 1.04. The minimum Gasteiger partial charge on any atom is -0.468 e. The van der Waals surface area contributed by atoms with Gasteiger partial charge < -0.3 is 8.83 Å².